The van der Waals surface area contributed by atoms with Gasteiger partial charge in [0.25, 0.3) is 0 Å². The highest BCUT2D eigenvalue weighted by molar-refractivity contribution is 7.80. The summed E-state index contributed by atoms with van der Waals surface area (Å²) in [7, 11) is 1.49. The summed E-state index contributed by atoms with van der Waals surface area (Å²) >= 11 is 5.45. The molecule has 0 spiro atoms. The van der Waals surface area contributed by atoms with E-state index in [1.165, 1.54) is 19.2 Å². The van der Waals surface area contributed by atoms with Gasteiger partial charge in [0.1, 0.15) is 6.61 Å². The minimum Gasteiger partial charge on any atom is -0.462 e. The predicted molar refractivity (Wildman–Crippen MR) is 141 cm³/mol. The number of nitrogens with one attached hydrogen (secondary N) is 4. The fourth-order valence-corrected chi connectivity index (χ4v) is 3.54. The van der Waals surface area contributed by atoms with E-state index in [1.54, 1.807) is 45.9 Å². The molecule has 1 atom stereocenters. The van der Waals surface area contributed by atoms with Gasteiger partial charge in [0.05, 0.1) is 27.9 Å². The SMILES string of the molecule is CNC(=O)NCc1cccc(NC(=S)NC(C)(COC(=O)C(C)(C)C)c2cccc(C(F)(F)F)c2)c1N. The third-order valence-electron chi connectivity index (χ3n) is 5.43. The molecule has 0 aliphatic rings. The summed E-state index contributed by atoms with van der Waals surface area (Å²) in [4.78, 5) is 23.9. The number of benzene rings is 2. The van der Waals surface area contributed by atoms with Gasteiger partial charge < -0.3 is 31.7 Å². The zero-order valence-corrected chi connectivity index (χ0v) is 22.1. The quantitative estimate of drug-likeness (QED) is 0.200. The Labute approximate surface area is 219 Å². The molecule has 2 aromatic rings. The maximum absolute atomic E-state index is 13.4. The first kappa shape index (κ1) is 29.7. The number of urea groups is 1. The van der Waals surface area contributed by atoms with Crippen LogP contribution in [0.15, 0.2) is 42.5 Å². The van der Waals surface area contributed by atoms with E-state index in [2.05, 4.69) is 21.3 Å². The number of anilines is 2. The minimum atomic E-state index is -4.56. The molecule has 0 saturated heterocycles. The molecule has 2 aromatic carbocycles. The molecule has 6 N–H and O–H groups in total. The maximum atomic E-state index is 13.4. The van der Waals surface area contributed by atoms with Gasteiger partial charge in [-0.15, -0.1) is 0 Å². The number of carbonyl (C=O) groups excluding carboxylic acids is 2. The summed E-state index contributed by atoms with van der Waals surface area (Å²) in [6.07, 6.45) is -4.56. The normalized spacial score (nSPS) is 13.2. The van der Waals surface area contributed by atoms with E-state index in [4.69, 9.17) is 22.7 Å². The van der Waals surface area contributed by atoms with Crippen molar-refractivity contribution in [3.05, 3.63) is 59.2 Å². The zero-order chi connectivity index (χ0) is 28.0. The van der Waals surface area contributed by atoms with Gasteiger partial charge in [0, 0.05) is 13.6 Å². The van der Waals surface area contributed by atoms with Gasteiger partial charge in [-0.25, -0.2) is 4.79 Å². The van der Waals surface area contributed by atoms with E-state index in [9.17, 15) is 22.8 Å². The van der Waals surface area contributed by atoms with E-state index < -0.39 is 28.7 Å². The Morgan fingerprint density at radius 2 is 1.65 bits per heavy atom. The Hall–Kier alpha value is -3.54. The fraction of sp³-hybridized carbons (Fsp3) is 0.400. The molecule has 202 valence electrons. The summed E-state index contributed by atoms with van der Waals surface area (Å²) in [6.45, 7) is 6.46. The van der Waals surface area contributed by atoms with Gasteiger partial charge in [-0.2, -0.15) is 13.2 Å². The first-order valence-electron chi connectivity index (χ1n) is 11.3. The average Bonchev–Trinajstić information content (AvgIpc) is 2.81. The second-order valence-corrected chi connectivity index (χ2v) is 10.0. The number of alkyl halides is 3. The van der Waals surface area contributed by atoms with Crippen LogP contribution in [0.1, 0.15) is 44.4 Å². The molecule has 2 amide bonds. The topological polar surface area (TPSA) is 118 Å². The average molecular weight is 540 g/mol. The standard InChI is InChI=1S/C25H32F3N5O3S/c1-23(2,3)20(34)36-14-24(4,16-9-7-10-17(12-16)25(26,27)28)33-22(37)32-18-11-6-8-15(19(18)29)13-31-21(35)30-5/h6-12H,13-14,29H2,1-5H3,(H2,30,31,35)(H2,32,33,37). The summed E-state index contributed by atoms with van der Waals surface area (Å²) < 4.78 is 45.7. The van der Waals surface area contributed by atoms with Crippen molar-refractivity contribution >= 4 is 40.7 Å². The number of amides is 2. The number of hydrogen-bond donors (Lipinski definition) is 5. The largest absolute Gasteiger partial charge is 0.462 e. The number of hydrogen-bond acceptors (Lipinski definition) is 5. The third-order valence-corrected chi connectivity index (χ3v) is 5.64. The Morgan fingerprint density at radius 3 is 2.24 bits per heavy atom. The first-order chi connectivity index (χ1) is 17.1. The van der Waals surface area contributed by atoms with Crippen LogP contribution >= 0.6 is 12.2 Å². The van der Waals surface area contributed by atoms with E-state index >= 15 is 0 Å². The van der Waals surface area contributed by atoms with E-state index in [-0.39, 0.29) is 29.9 Å². The Bertz CT molecular complexity index is 1150. The van der Waals surface area contributed by atoms with Crippen LogP contribution in [0, 0.1) is 5.41 Å². The zero-order valence-electron chi connectivity index (χ0n) is 21.3. The second-order valence-electron chi connectivity index (χ2n) is 9.63. The van der Waals surface area contributed by atoms with E-state index in [0.717, 1.165) is 12.1 Å². The predicted octanol–water partition coefficient (Wildman–Crippen LogP) is 4.51. The number of halogens is 3. The molecule has 2 rings (SSSR count). The molecule has 0 saturated carbocycles. The van der Waals surface area contributed by atoms with Crippen LogP contribution in [0.4, 0.5) is 29.3 Å². The number of para-hydroxylation sites is 1. The number of ether oxygens (including phenoxy) is 1. The Kier molecular flexibility index (Phi) is 9.37. The summed E-state index contributed by atoms with van der Waals surface area (Å²) in [5.41, 5.74) is 4.83. The molecule has 0 aliphatic carbocycles. The minimum absolute atomic E-state index is 0.0369. The molecule has 37 heavy (non-hydrogen) atoms. The lowest BCUT2D eigenvalue weighted by atomic mass is 9.91. The van der Waals surface area contributed by atoms with Crippen LogP contribution in [0.3, 0.4) is 0 Å². The van der Waals surface area contributed by atoms with Crippen LogP contribution in [-0.2, 0) is 27.8 Å². The van der Waals surface area contributed by atoms with Gasteiger partial charge in [-0.05, 0) is 69.2 Å². The molecule has 12 heteroatoms. The molecule has 0 bridgehead atoms. The van der Waals surface area contributed by atoms with Gasteiger partial charge >= 0.3 is 18.2 Å². The highest BCUT2D eigenvalue weighted by Crippen LogP contribution is 2.33. The van der Waals surface area contributed by atoms with Gasteiger partial charge in [-0.3, -0.25) is 4.79 Å². The lowest BCUT2D eigenvalue weighted by Crippen LogP contribution is -2.49. The molecule has 8 nitrogen and oxygen atoms in total. The van der Waals surface area contributed by atoms with Crippen molar-refractivity contribution in [3.8, 4) is 0 Å². The monoisotopic (exact) mass is 539 g/mol. The maximum Gasteiger partial charge on any atom is 0.416 e. The van der Waals surface area contributed by atoms with Crippen molar-refractivity contribution < 1.29 is 27.5 Å². The smallest absolute Gasteiger partial charge is 0.416 e. The van der Waals surface area contributed by atoms with Crippen LogP contribution in [-0.4, -0.2) is 30.8 Å². The van der Waals surface area contributed by atoms with E-state index in [1.807, 2.05) is 0 Å². The molecule has 0 radical (unpaired) electrons. The summed E-state index contributed by atoms with van der Waals surface area (Å²) in [5.74, 6) is -0.521. The number of carbonyl (C=O) groups is 2. The number of thiocarbonyl (C=S) groups is 1. The Balaban J connectivity index is 2.32. The van der Waals surface area contributed by atoms with Crippen molar-refractivity contribution in [2.24, 2.45) is 5.41 Å². The number of esters is 1. The van der Waals surface area contributed by atoms with E-state index in [0.29, 0.717) is 16.9 Å². The van der Waals surface area contributed by atoms with Crippen LogP contribution in [0.5, 0.6) is 0 Å². The van der Waals surface area contributed by atoms with Crippen LogP contribution in [0.2, 0.25) is 0 Å². The van der Waals surface area contributed by atoms with Crippen molar-refractivity contribution in [1.29, 1.82) is 0 Å². The lowest BCUT2D eigenvalue weighted by Gasteiger charge is -2.33. The second kappa shape index (κ2) is 11.7. The summed E-state index contributed by atoms with van der Waals surface area (Å²) in [6, 6.07) is 9.44. The molecular formula is C25H32F3N5O3S. The number of nitrogens with two attached hydrogens (primary N) is 1. The number of nitrogen functional groups attached to an aromatic ring is 1. The van der Waals surface area contributed by atoms with Crippen molar-refractivity contribution in [1.82, 2.24) is 16.0 Å². The van der Waals surface area contributed by atoms with Gasteiger partial charge in [0.15, 0.2) is 5.11 Å². The molecular weight excluding hydrogens is 507 g/mol. The molecule has 0 aromatic heterocycles. The van der Waals surface area contributed by atoms with Crippen molar-refractivity contribution in [2.75, 3.05) is 24.7 Å². The Morgan fingerprint density at radius 1 is 1.03 bits per heavy atom. The molecule has 0 aliphatic heterocycles. The lowest BCUT2D eigenvalue weighted by molar-refractivity contribution is -0.155. The third kappa shape index (κ3) is 8.24. The highest BCUT2D eigenvalue weighted by atomic mass is 32.1. The fourth-order valence-electron chi connectivity index (χ4n) is 3.20. The molecule has 1 unspecified atom stereocenters. The molecule has 0 heterocycles. The van der Waals surface area contributed by atoms with Crippen LogP contribution in [0.25, 0.3) is 0 Å². The summed E-state index contributed by atoms with van der Waals surface area (Å²) in [5, 5.41) is 11.1. The highest BCUT2D eigenvalue weighted by Gasteiger charge is 2.36. The first-order valence-corrected chi connectivity index (χ1v) is 11.7. The molecule has 0 fully saturated rings. The van der Waals surface area contributed by atoms with Gasteiger partial charge in [0.2, 0.25) is 0 Å². The van der Waals surface area contributed by atoms with Crippen LogP contribution < -0.4 is 27.0 Å². The van der Waals surface area contributed by atoms with Crippen molar-refractivity contribution in [3.63, 3.8) is 0 Å². The van der Waals surface area contributed by atoms with Crippen molar-refractivity contribution in [2.45, 2.75) is 46.0 Å². The number of rotatable bonds is 7. The van der Waals surface area contributed by atoms with Gasteiger partial charge in [-0.1, -0.05) is 24.3 Å².